The molecule has 0 radical (unpaired) electrons. The number of nitrogens with one attached hydrogen (secondary N) is 1. The highest BCUT2D eigenvalue weighted by molar-refractivity contribution is 7.09. The van der Waals surface area contributed by atoms with E-state index in [1.54, 1.807) is 6.20 Å². The van der Waals surface area contributed by atoms with E-state index in [9.17, 15) is 8.78 Å². The third-order valence-electron chi connectivity index (χ3n) is 2.43. The predicted molar refractivity (Wildman–Crippen MR) is 63.7 cm³/mol. The maximum atomic E-state index is 13.3. The van der Waals surface area contributed by atoms with E-state index in [1.165, 1.54) is 17.4 Å². The summed E-state index contributed by atoms with van der Waals surface area (Å²) < 4.78 is 26.3. The van der Waals surface area contributed by atoms with Crippen molar-refractivity contribution in [1.29, 1.82) is 0 Å². The predicted octanol–water partition coefficient (Wildman–Crippen LogP) is 3.27. The highest BCUT2D eigenvalue weighted by atomic mass is 32.1. The Labute approximate surface area is 102 Å². The van der Waals surface area contributed by atoms with Gasteiger partial charge in [-0.3, -0.25) is 0 Å². The monoisotopic (exact) mass is 254 g/mol. The molecule has 2 rings (SSSR count). The quantitative estimate of drug-likeness (QED) is 0.905. The standard InChI is InChI=1S/C12H12F2N2S/c1-8(12-15-4-5-17-12)16-7-9-6-10(13)2-3-11(9)14/h2-6,8,16H,7H2,1H3. The largest absolute Gasteiger partial charge is 0.304 e. The molecule has 0 saturated carbocycles. The Morgan fingerprint density at radius 1 is 1.41 bits per heavy atom. The van der Waals surface area contributed by atoms with Crippen molar-refractivity contribution in [1.82, 2.24) is 10.3 Å². The minimum Gasteiger partial charge on any atom is -0.304 e. The van der Waals surface area contributed by atoms with Gasteiger partial charge >= 0.3 is 0 Å². The number of rotatable bonds is 4. The molecule has 0 amide bonds. The molecule has 0 fully saturated rings. The van der Waals surface area contributed by atoms with Gasteiger partial charge in [-0.1, -0.05) is 0 Å². The average Bonchev–Trinajstić information content (AvgIpc) is 2.83. The Balaban J connectivity index is 2.00. The van der Waals surface area contributed by atoms with Crippen LogP contribution in [0.3, 0.4) is 0 Å². The molecule has 1 heterocycles. The molecule has 0 aliphatic carbocycles. The zero-order chi connectivity index (χ0) is 12.3. The number of benzene rings is 1. The summed E-state index contributed by atoms with van der Waals surface area (Å²) in [6, 6.07) is 3.48. The van der Waals surface area contributed by atoms with Gasteiger partial charge in [-0.05, 0) is 25.1 Å². The Morgan fingerprint density at radius 3 is 2.94 bits per heavy atom. The van der Waals surface area contributed by atoms with Gasteiger partial charge < -0.3 is 5.32 Å². The fraction of sp³-hybridized carbons (Fsp3) is 0.250. The molecule has 0 spiro atoms. The summed E-state index contributed by atoms with van der Waals surface area (Å²) in [5, 5.41) is 5.93. The van der Waals surface area contributed by atoms with E-state index in [0.29, 0.717) is 5.56 Å². The van der Waals surface area contributed by atoms with Crippen LogP contribution in [0.2, 0.25) is 0 Å². The van der Waals surface area contributed by atoms with Crippen LogP contribution in [0.25, 0.3) is 0 Å². The van der Waals surface area contributed by atoms with Crippen LogP contribution in [0.4, 0.5) is 8.78 Å². The van der Waals surface area contributed by atoms with E-state index >= 15 is 0 Å². The summed E-state index contributed by atoms with van der Waals surface area (Å²) in [7, 11) is 0. The average molecular weight is 254 g/mol. The molecule has 1 aromatic carbocycles. The first-order valence-corrected chi connectivity index (χ1v) is 6.11. The van der Waals surface area contributed by atoms with Crippen LogP contribution in [0.15, 0.2) is 29.8 Å². The van der Waals surface area contributed by atoms with E-state index in [2.05, 4.69) is 10.3 Å². The number of aromatic nitrogens is 1. The van der Waals surface area contributed by atoms with Gasteiger partial charge in [0.2, 0.25) is 0 Å². The van der Waals surface area contributed by atoms with Crippen molar-refractivity contribution in [3.63, 3.8) is 0 Å². The van der Waals surface area contributed by atoms with Crippen LogP contribution >= 0.6 is 11.3 Å². The van der Waals surface area contributed by atoms with E-state index in [4.69, 9.17) is 0 Å². The van der Waals surface area contributed by atoms with Crippen LogP contribution < -0.4 is 5.32 Å². The van der Waals surface area contributed by atoms with Gasteiger partial charge in [0.05, 0.1) is 6.04 Å². The SMILES string of the molecule is CC(NCc1cc(F)ccc1F)c1nccs1. The first-order valence-electron chi connectivity index (χ1n) is 5.23. The summed E-state index contributed by atoms with van der Waals surface area (Å²) >= 11 is 1.53. The van der Waals surface area contributed by atoms with Crippen molar-refractivity contribution < 1.29 is 8.78 Å². The number of thiazole rings is 1. The maximum Gasteiger partial charge on any atom is 0.127 e. The van der Waals surface area contributed by atoms with Crippen molar-refractivity contribution >= 4 is 11.3 Å². The van der Waals surface area contributed by atoms with Gasteiger partial charge in [0.1, 0.15) is 16.6 Å². The molecule has 17 heavy (non-hydrogen) atoms. The minimum atomic E-state index is -0.426. The van der Waals surface area contributed by atoms with E-state index in [1.807, 2.05) is 12.3 Å². The third kappa shape index (κ3) is 3.08. The topological polar surface area (TPSA) is 24.9 Å². The lowest BCUT2D eigenvalue weighted by molar-refractivity contribution is 0.534. The van der Waals surface area contributed by atoms with Crippen LogP contribution in [0.1, 0.15) is 23.5 Å². The molecule has 0 bridgehead atoms. The number of nitrogens with zero attached hydrogens (tertiary/aromatic N) is 1. The summed E-state index contributed by atoms with van der Waals surface area (Å²) in [5.41, 5.74) is 0.327. The van der Waals surface area contributed by atoms with E-state index < -0.39 is 11.6 Å². The number of halogens is 2. The molecule has 1 N–H and O–H groups in total. The fourth-order valence-corrected chi connectivity index (χ4v) is 2.15. The second kappa shape index (κ2) is 5.33. The molecule has 1 unspecified atom stereocenters. The zero-order valence-corrected chi connectivity index (χ0v) is 10.1. The fourth-order valence-electron chi connectivity index (χ4n) is 1.48. The van der Waals surface area contributed by atoms with Gasteiger partial charge in [-0.2, -0.15) is 0 Å². The normalized spacial score (nSPS) is 12.6. The molecule has 1 atom stereocenters. The first-order chi connectivity index (χ1) is 8.16. The third-order valence-corrected chi connectivity index (χ3v) is 3.39. The first kappa shape index (κ1) is 12.1. The molecule has 2 aromatic rings. The number of hydrogen-bond donors (Lipinski definition) is 1. The molecule has 1 aromatic heterocycles. The van der Waals surface area contributed by atoms with E-state index in [-0.39, 0.29) is 12.6 Å². The Hall–Kier alpha value is -1.33. The summed E-state index contributed by atoms with van der Waals surface area (Å²) in [6.45, 7) is 2.22. The second-order valence-corrected chi connectivity index (χ2v) is 4.63. The maximum absolute atomic E-state index is 13.3. The molecule has 0 aliphatic heterocycles. The molecular formula is C12H12F2N2S. The van der Waals surface area contributed by atoms with Crippen LogP contribution in [0, 0.1) is 11.6 Å². The summed E-state index contributed by atoms with van der Waals surface area (Å²) in [4.78, 5) is 4.16. The molecule has 0 aliphatic rings. The van der Waals surface area contributed by atoms with Crippen LogP contribution in [0.5, 0.6) is 0 Å². The lowest BCUT2D eigenvalue weighted by Crippen LogP contribution is -2.18. The van der Waals surface area contributed by atoms with Crippen molar-refractivity contribution in [2.45, 2.75) is 19.5 Å². The smallest absolute Gasteiger partial charge is 0.127 e. The van der Waals surface area contributed by atoms with Gasteiger partial charge in [0.15, 0.2) is 0 Å². The van der Waals surface area contributed by atoms with Crippen molar-refractivity contribution in [2.75, 3.05) is 0 Å². The summed E-state index contributed by atoms with van der Waals surface area (Å²) in [5.74, 6) is -0.824. The molecule has 90 valence electrons. The van der Waals surface area contributed by atoms with Gasteiger partial charge in [-0.25, -0.2) is 13.8 Å². The van der Waals surface area contributed by atoms with E-state index in [0.717, 1.165) is 17.1 Å². The molecule has 0 saturated heterocycles. The van der Waals surface area contributed by atoms with Crippen LogP contribution in [-0.2, 0) is 6.54 Å². The summed E-state index contributed by atoms with van der Waals surface area (Å²) in [6.07, 6.45) is 1.72. The van der Waals surface area contributed by atoms with Crippen LogP contribution in [-0.4, -0.2) is 4.98 Å². The number of hydrogen-bond acceptors (Lipinski definition) is 3. The Bertz CT molecular complexity index is 485. The molecular weight excluding hydrogens is 242 g/mol. The molecule has 5 heteroatoms. The minimum absolute atomic E-state index is 0.0256. The lowest BCUT2D eigenvalue weighted by atomic mass is 10.2. The van der Waals surface area contributed by atoms with Gasteiger partial charge in [-0.15, -0.1) is 11.3 Å². The van der Waals surface area contributed by atoms with Crippen molar-refractivity contribution in [3.05, 3.63) is 52.0 Å². The Morgan fingerprint density at radius 2 is 2.24 bits per heavy atom. The highest BCUT2D eigenvalue weighted by Gasteiger charge is 2.09. The van der Waals surface area contributed by atoms with Gasteiger partial charge in [0, 0.05) is 23.7 Å². The second-order valence-electron chi connectivity index (χ2n) is 3.71. The highest BCUT2D eigenvalue weighted by Crippen LogP contribution is 2.16. The zero-order valence-electron chi connectivity index (χ0n) is 9.28. The van der Waals surface area contributed by atoms with Gasteiger partial charge in [0.25, 0.3) is 0 Å². The van der Waals surface area contributed by atoms with Crippen molar-refractivity contribution in [3.8, 4) is 0 Å². The van der Waals surface area contributed by atoms with Crippen molar-refractivity contribution in [2.24, 2.45) is 0 Å². The Kier molecular flexibility index (Phi) is 3.81. The lowest BCUT2D eigenvalue weighted by Gasteiger charge is -2.11. The molecule has 2 nitrogen and oxygen atoms in total.